The van der Waals surface area contributed by atoms with Crippen molar-refractivity contribution in [3.8, 4) is 0 Å². The lowest BCUT2D eigenvalue weighted by molar-refractivity contribution is -0.125. The van der Waals surface area contributed by atoms with Gasteiger partial charge in [-0.1, -0.05) is 48.5 Å². The average Bonchev–Trinajstić information content (AvgIpc) is 3.29. The van der Waals surface area contributed by atoms with E-state index < -0.39 is 12.1 Å². The fourth-order valence-corrected chi connectivity index (χ4v) is 4.13. The van der Waals surface area contributed by atoms with Crippen LogP contribution in [0.5, 0.6) is 0 Å². The Morgan fingerprint density at radius 3 is 2.50 bits per heavy atom. The Balaban J connectivity index is 1.39. The number of halogens is 1. The SMILES string of the molecule is O=C1[C@@H](Cc2ccc(F)cc2)N(C(=O)OCc2ccccc2)CCN1c1cn2ccccc2n1. The molecule has 4 aromatic rings. The van der Waals surface area contributed by atoms with E-state index in [4.69, 9.17) is 4.74 Å². The van der Waals surface area contributed by atoms with Crippen LogP contribution in [0.3, 0.4) is 0 Å². The number of anilines is 1. The summed E-state index contributed by atoms with van der Waals surface area (Å²) in [5, 5.41) is 0. The van der Waals surface area contributed by atoms with Gasteiger partial charge < -0.3 is 9.14 Å². The smallest absolute Gasteiger partial charge is 0.410 e. The number of hydrogen-bond donors (Lipinski definition) is 0. The predicted molar refractivity (Wildman–Crippen MR) is 125 cm³/mol. The third-order valence-electron chi connectivity index (χ3n) is 5.90. The van der Waals surface area contributed by atoms with Crippen molar-refractivity contribution in [3.05, 3.63) is 102 Å². The van der Waals surface area contributed by atoms with Gasteiger partial charge in [-0.2, -0.15) is 0 Å². The minimum absolute atomic E-state index is 0.115. The molecule has 1 saturated heterocycles. The molecule has 2 aromatic heterocycles. The summed E-state index contributed by atoms with van der Waals surface area (Å²) in [5.41, 5.74) is 2.34. The van der Waals surface area contributed by atoms with E-state index in [9.17, 15) is 14.0 Å². The lowest BCUT2D eigenvalue weighted by Gasteiger charge is -2.39. The van der Waals surface area contributed by atoms with Crippen molar-refractivity contribution in [2.45, 2.75) is 19.1 Å². The molecule has 7 nitrogen and oxygen atoms in total. The Kier molecular flexibility index (Phi) is 5.95. The highest BCUT2D eigenvalue weighted by Gasteiger charge is 2.39. The average molecular weight is 458 g/mol. The predicted octanol–water partition coefficient (Wildman–Crippen LogP) is 4.07. The minimum Gasteiger partial charge on any atom is -0.445 e. The molecule has 0 spiro atoms. The van der Waals surface area contributed by atoms with Gasteiger partial charge in [0.15, 0.2) is 5.82 Å². The van der Waals surface area contributed by atoms with Gasteiger partial charge in [0.1, 0.15) is 24.1 Å². The van der Waals surface area contributed by atoms with Crippen LogP contribution in [0, 0.1) is 5.82 Å². The van der Waals surface area contributed by atoms with Gasteiger partial charge in [0.25, 0.3) is 5.91 Å². The van der Waals surface area contributed by atoms with E-state index in [1.165, 1.54) is 17.0 Å². The van der Waals surface area contributed by atoms with Crippen LogP contribution in [0.1, 0.15) is 11.1 Å². The number of carbonyl (C=O) groups excluding carboxylic acids is 2. The summed E-state index contributed by atoms with van der Waals surface area (Å²) < 4.78 is 20.8. The molecule has 0 N–H and O–H groups in total. The summed E-state index contributed by atoms with van der Waals surface area (Å²) >= 11 is 0. The fraction of sp³-hybridized carbons (Fsp3) is 0.192. The second-order valence-electron chi connectivity index (χ2n) is 8.14. The van der Waals surface area contributed by atoms with Crippen LogP contribution < -0.4 is 4.90 Å². The molecule has 1 fully saturated rings. The van der Waals surface area contributed by atoms with Gasteiger partial charge in [-0.15, -0.1) is 0 Å². The van der Waals surface area contributed by atoms with Gasteiger partial charge in [-0.25, -0.2) is 14.2 Å². The number of nitrogens with zero attached hydrogens (tertiary/aromatic N) is 4. The van der Waals surface area contributed by atoms with Gasteiger partial charge in [-0.05, 0) is 35.4 Å². The van der Waals surface area contributed by atoms with Gasteiger partial charge in [0.2, 0.25) is 0 Å². The molecular weight excluding hydrogens is 435 g/mol. The first-order chi connectivity index (χ1) is 16.6. The first-order valence-electron chi connectivity index (χ1n) is 11.1. The van der Waals surface area contributed by atoms with Crippen LogP contribution in [0.2, 0.25) is 0 Å². The Hall–Kier alpha value is -4.20. The minimum atomic E-state index is -0.799. The standard InChI is InChI=1S/C26H23FN4O3/c27-21-11-9-19(10-12-21)16-22-25(32)31(24-17-29-13-5-4-8-23(29)28-24)15-14-30(22)26(33)34-18-20-6-2-1-3-7-20/h1-13,17,22H,14-16,18H2/t22-/m1/s1. The zero-order chi connectivity index (χ0) is 23.5. The second-order valence-corrected chi connectivity index (χ2v) is 8.14. The first kappa shape index (κ1) is 21.6. The van der Waals surface area contributed by atoms with Gasteiger partial charge in [0, 0.05) is 25.7 Å². The molecule has 8 heteroatoms. The maximum Gasteiger partial charge on any atom is 0.410 e. The number of piperazine rings is 1. The number of benzene rings is 2. The van der Waals surface area contributed by atoms with Crippen LogP contribution in [-0.4, -0.2) is 45.4 Å². The molecule has 172 valence electrons. The number of pyridine rings is 1. The number of amides is 2. The van der Waals surface area contributed by atoms with Crippen molar-refractivity contribution >= 4 is 23.5 Å². The maximum atomic E-state index is 13.6. The van der Waals surface area contributed by atoms with Gasteiger partial charge >= 0.3 is 6.09 Å². The Bertz CT molecular complexity index is 1270. The number of carbonyl (C=O) groups is 2. The summed E-state index contributed by atoms with van der Waals surface area (Å²) in [4.78, 5) is 34.3. The molecule has 3 heterocycles. The maximum absolute atomic E-state index is 13.6. The number of aromatic nitrogens is 2. The Labute approximate surface area is 196 Å². The molecule has 1 aliphatic rings. The number of ether oxygens (including phenoxy) is 1. The van der Waals surface area contributed by atoms with Crippen LogP contribution in [-0.2, 0) is 22.6 Å². The molecule has 0 unspecified atom stereocenters. The molecule has 2 amide bonds. The summed E-state index contributed by atoms with van der Waals surface area (Å²) in [6.45, 7) is 0.700. The van der Waals surface area contributed by atoms with E-state index in [0.717, 1.165) is 16.8 Å². The summed E-state index contributed by atoms with van der Waals surface area (Å²) in [7, 11) is 0. The highest BCUT2D eigenvalue weighted by molar-refractivity contribution is 5.99. The third-order valence-corrected chi connectivity index (χ3v) is 5.90. The highest BCUT2D eigenvalue weighted by Crippen LogP contribution is 2.24. The van der Waals surface area contributed by atoms with E-state index in [2.05, 4.69) is 4.98 Å². The Morgan fingerprint density at radius 2 is 1.74 bits per heavy atom. The quantitative estimate of drug-likeness (QED) is 0.452. The van der Waals surface area contributed by atoms with E-state index in [1.54, 1.807) is 23.2 Å². The summed E-state index contributed by atoms with van der Waals surface area (Å²) in [6.07, 6.45) is 3.34. The number of fused-ring (bicyclic) bond motifs is 1. The van der Waals surface area contributed by atoms with Crippen molar-refractivity contribution in [3.63, 3.8) is 0 Å². The second kappa shape index (κ2) is 9.35. The normalized spacial score (nSPS) is 16.1. The molecule has 0 saturated carbocycles. The van der Waals surface area contributed by atoms with Gasteiger partial charge in [-0.3, -0.25) is 14.6 Å². The Morgan fingerprint density at radius 1 is 0.971 bits per heavy atom. The van der Waals surface area contributed by atoms with Crippen LogP contribution >= 0.6 is 0 Å². The van der Waals surface area contributed by atoms with E-state index >= 15 is 0 Å². The zero-order valence-electron chi connectivity index (χ0n) is 18.4. The van der Waals surface area contributed by atoms with E-state index in [0.29, 0.717) is 18.9 Å². The topological polar surface area (TPSA) is 67.2 Å². The lowest BCUT2D eigenvalue weighted by Crippen LogP contribution is -2.60. The molecule has 1 atom stereocenters. The van der Waals surface area contributed by atoms with E-state index in [1.807, 2.05) is 59.1 Å². The summed E-state index contributed by atoms with van der Waals surface area (Å²) in [5.74, 6) is -0.0857. The number of imidazole rings is 1. The molecular formula is C26H23FN4O3. The fourth-order valence-electron chi connectivity index (χ4n) is 4.13. The van der Waals surface area contributed by atoms with Crippen molar-refractivity contribution in [1.82, 2.24) is 14.3 Å². The van der Waals surface area contributed by atoms with Crippen molar-refractivity contribution in [2.24, 2.45) is 0 Å². The monoisotopic (exact) mass is 458 g/mol. The first-order valence-corrected chi connectivity index (χ1v) is 11.1. The molecule has 0 radical (unpaired) electrons. The van der Waals surface area contributed by atoms with Crippen molar-refractivity contribution in [2.75, 3.05) is 18.0 Å². The lowest BCUT2D eigenvalue weighted by atomic mass is 10.0. The molecule has 0 aliphatic carbocycles. The molecule has 1 aliphatic heterocycles. The van der Waals surface area contributed by atoms with Crippen molar-refractivity contribution in [1.29, 1.82) is 0 Å². The molecule has 34 heavy (non-hydrogen) atoms. The van der Waals surface area contributed by atoms with Crippen LogP contribution in [0.25, 0.3) is 5.65 Å². The summed E-state index contributed by atoms with van der Waals surface area (Å²) in [6, 6.07) is 20.2. The molecule has 2 aromatic carbocycles. The highest BCUT2D eigenvalue weighted by atomic mass is 19.1. The van der Waals surface area contributed by atoms with Crippen LogP contribution in [0.4, 0.5) is 15.0 Å². The zero-order valence-corrected chi connectivity index (χ0v) is 18.4. The molecule has 5 rings (SSSR count). The van der Waals surface area contributed by atoms with Gasteiger partial charge in [0.05, 0.1) is 6.20 Å². The largest absolute Gasteiger partial charge is 0.445 e. The molecule has 0 bridgehead atoms. The number of rotatable bonds is 5. The van der Waals surface area contributed by atoms with Crippen LogP contribution in [0.15, 0.2) is 85.2 Å². The number of hydrogen-bond acceptors (Lipinski definition) is 4. The van der Waals surface area contributed by atoms with Crippen molar-refractivity contribution < 1.29 is 18.7 Å². The van der Waals surface area contributed by atoms with E-state index in [-0.39, 0.29) is 24.8 Å². The third kappa shape index (κ3) is 4.47.